The summed E-state index contributed by atoms with van der Waals surface area (Å²) in [6, 6.07) is 12.6. The van der Waals surface area contributed by atoms with Crippen LogP contribution < -0.4 is 20.9 Å². The summed E-state index contributed by atoms with van der Waals surface area (Å²) < 4.78 is 62.2. The fourth-order valence-electron chi connectivity index (χ4n) is 6.22. The summed E-state index contributed by atoms with van der Waals surface area (Å²) in [6.45, 7) is 10.2. The first-order valence-electron chi connectivity index (χ1n) is 21.2. The molecule has 4 heterocycles. The number of carbonyl (C=O) groups excluding carboxylic acids is 2. The minimum atomic E-state index is -3.59. The second-order valence-electron chi connectivity index (χ2n) is 15.4. The molecule has 1 N–H and O–H groups in total. The van der Waals surface area contributed by atoms with E-state index in [9.17, 15) is 36.0 Å². The van der Waals surface area contributed by atoms with Gasteiger partial charge in [-0.25, -0.2) is 45.0 Å². The van der Waals surface area contributed by atoms with Crippen molar-refractivity contribution in [3.63, 3.8) is 0 Å². The van der Waals surface area contributed by atoms with Crippen LogP contribution in [0.25, 0.3) is 17.8 Å². The lowest BCUT2D eigenvalue weighted by molar-refractivity contribution is -0.138. The van der Waals surface area contributed by atoms with Crippen molar-refractivity contribution in [2.75, 3.05) is 118 Å². The molecule has 0 radical (unpaired) electrons. The van der Waals surface area contributed by atoms with Crippen LogP contribution in [0.15, 0.2) is 96.9 Å². The highest BCUT2D eigenvalue weighted by atomic mass is 79.9. The lowest BCUT2D eigenvalue weighted by Gasteiger charge is -2.33. The normalized spacial score (nSPS) is 15.0. The number of aromatic amines is 1. The van der Waals surface area contributed by atoms with E-state index in [-0.39, 0.29) is 28.4 Å². The number of ether oxygens (including phenoxy) is 2. The molecule has 2 fully saturated rings. The molecule has 2 aromatic carbocycles. The summed E-state index contributed by atoms with van der Waals surface area (Å²) in [6.07, 6.45) is 8.61. The lowest BCUT2D eigenvalue weighted by Crippen LogP contribution is -2.47. The number of halogens is 1. The van der Waals surface area contributed by atoms with E-state index in [1.165, 1.54) is 85.9 Å². The van der Waals surface area contributed by atoms with Crippen molar-refractivity contribution in [2.24, 2.45) is 0 Å². The molecule has 2 aliphatic rings. The maximum absolute atomic E-state index is 13.3. The van der Waals surface area contributed by atoms with Crippen LogP contribution in [0.3, 0.4) is 0 Å². The van der Waals surface area contributed by atoms with Gasteiger partial charge < -0.3 is 34.1 Å². The van der Waals surface area contributed by atoms with Crippen LogP contribution in [0.2, 0.25) is 0 Å². The molecule has 0 amide bonds. The van der Waals surface area contributed by atoms with Gasteiger partial charge in [0.05, 0.1) is 34.4 Å². The molecule has 23 heteroatoms. The van der Waals surface area contributed by atoms with E-state index in [1.54, 1.807) is 50.2 Å². The summed E-state index contributed by atoms with van der Waals surface area (Å²) >= 11 is 3.24. The molecule has 0 saturated carbocycles. The molecule has 2 aromatic heterocycles. The van der Waals surface area contributed by atoms with E-state index < -0.39 is 32.0 Å². The van der Waals surface area contributed by atoms with E-state index in [1.807, 2.05) is 23.9 Å². The highest BCUT2D eigenvalue weighted by Gasteiger charge is 2.23. The summed E-state index contributed by atoms with van der Waals surface area (Å²) in [5.74, 6) is -0.253. The van der Waals surface area contributed by atoms with Crippen LogP contribution in [0.1, 0.15) is 25.2 Å². The number of benzene rings is 2. The minimum absolute atomic E-state index is 0.125. The smallest absolute Gasteiger partial charge is 0.330 e. The van der Waals surface area contributed by atoms with E-state index in [0.717, 1.165) is 48.0 Å². The standard InChI is InChI=1S/C22H29N5O5S.C14H20N4O3.C8H10BrNO2S/c1-5-32-20(28)11-6-17-16-27(18-7-9-19(10-8-18)33(30,31)24(2)3)22(29)21(23-17)26-14-12-25(4)13-15-26;1-3-21-12(19)5-4-11-10-15-14(20)13(16-11)18-8-6-17(2)7-9-18;1-10(2)13(11,12)8-5-3-7(9)4-6-8/h6-11,16H,5,12-15H2,1-4H3;4-5,10H,3,6-9H2,1-2H3,(H,15,20);3-6H,1-2H3/b11-6+;5-4+;. The Kier molecular flexibility index (Phi) is 20.2. The van der Waals surface area contributed by atoms with Crippen molar-refractivity contribution >= 4 is 71.7 Å². The molecule has 4 aromatic rings. The number of nitrogens with zero attached hydrogens (tertiary/aromatic N) is 9. The van der Waals surface area contributed by atoms with Gasteiger partial charge in [-0.2, -0.15) is 0 Å². The number of piperazine rings is 2. The molecule has 2 aliphatic heterocycles. The fraction of sp³-hybridized carbons (Fsp3) is 0.409. The quantitative estimate of drug-likeness (QED) is 0.150. The van der Waals surface area contributed by atoms with Crippen molar-refractivity contribution in [3.05, 3.63) is 110 Å². The third-order valence-corrected chi connectivity index (χ3v) is 14.3. The van der Waals surface area contributed by atoms with Crippen LogP contribution in [-0.4, -0.2) is 175 Å². The maximum Gasteiger partial charge on any atom is 0.330 e. The van der Waals surface area contributed by atoms with Crippen molar-refractivity contribution in [3.8, 4) is 5.69 Å². The molecule has 0 aliphatic carbocycles. The van der Waals surface area contributed by atoms with Gasteiger partial charge >= 0.3 is 11.9 Å². The van der Waals surface area contributed by atoms with Gasteiger partial charge in [-0.3, -0.25) is 14.2 Å². The highest BCUT2D eigenvalue weighted by molar-refractivity contribution is 9.10. The number of rotatable bonds is 13. The average Bonchev–Trinajstić information content (AvgIpc) is 3.30. The first-order chi connectivity index (χ1) is 31.7. The molecular formula is C44H59BrN10O10S2. The summed E-state index contributed by atoms with van der Waals surface area (Å²) in [7, 11) is 3.14. The number of anilines is 2. The van der Waals surface area contributed by atoms with E-state index in [0.29, 0.717) is 47.5 Å². The van der Waals surface area contributed by atoms with E-state index in [2.05, 4.69) is 40.7 Å². The predicted molar refractivity (Wildman–Crippen MR) is 261 cm³/mol. The first kappa shape index (κ1) is 54.0. The van der Waals surface area contributed by atoms with Crippen LogP contribution in [0, 0.1) is 0 Å². The molecule has 364 valence electrons. The Hall–Kier alpha value is -5.56. The number of esters is 2. The van der Waals surface area contributed by atoms with Gasteiger partial charge in [0.25, 0.3) is 11.1 Å². The summed E-state index contributed by atoms with van der Waals surface area (Å²) in [4.78, 5) is 68.4. The lowest BCUT2D eigenvalue weighted by atomic mass is 10.3. The molecular weight excluding hydrogens is 973 g/mol. The number of sulfonamides is 2. The number of carbonyl (C=O) groups is 2. The second-order valence-corrected chi connectivity index (χ2v) is 20.6. The maximum atomic E-state index is 13.3. The van der Waals surface area contributed by atoms with Gasteiger partial charge in [-0.05, 0) is 88.6 Å². The van der Waals surface area contributed by atoms with Crippen molar-refractivity contribution in [2.45, 2.75) is 23.6 Å². The number of H-pyrrole nitrogens is 1. The van der Waals surface area contributed by atoms with Gasteiger partial charge in [-0.1, -0.05) is 15.9 Å². The summed E-state index contributed by atoms with van der Waals surface area (Å²) in [5.41, 5.74) is 0.878. The third-order valence-electron chi connectivity index (χ3n) is 10.1. The van der Waals surface area contributed by atoms with Crippen molar-refractivity contribution < 1.29 is 35.9 Å². The van der Waals surface area contributed by atoms with Gasteiger partial charge in [0.2, 0.25) is 20.0 Å². The van der Waals surface area contributed by atoms with Gasteiger partial charge in [0.1, 0.15) is 0 Å². The zero-order valence-electron chi connectivity index (χ0n) is 39.0. The number of aromatic nitrogens is 4. The van der Waals surface area contributed by atoms with Crippen LogP contribution >= 0.6 is 15.9 Å². The Morgan fingerprint density at radius 2 is 1.09 bits per heavy atom. The molecule has 67 heavy (non-hydrogen) atoms. The SMILES string of the molecule is CCOC(=O)/C=C/c1c[nH]c(=O)c(N2CCN(C)CC2)n1.CCOC(=O)/C=C/c1cn(-c2ccc(S(=O)(=O)N(C)C)cc2)c(=O)c(N2CCN(C)CC2)n1.CN(C)S(=O)(=O)c1ccc(Br)cc1. The average molecular weight is 1030 g/mol. The largest absolute Gasteiger partial charge is 0.463 e. The van der Waals surface area contributed by atoms with Crippen molar-refractivity contribution in [1.29, 1.82) is 0 Å². The van der Waals surface area contributed by atoms with Crippen LogP contribution in [-0.2, 0) is 39.1 Å². The Labute approximate surface area is 400 Å². The predicted octanol–water partition coefficient (Wildman–Crippen LogP) is 2.61. The third kappa shape index (κ3) is 15.5. The Bertz CT molecular complexity index is 2690. The number of nitrogens with one attached hydrogen (secondary N) is 1. The van der Waals surface area contributed by atoms with Gasteiger partial charge in [0, 0.05) is 115 Å². The molecule has 20 nitrogen and oxygen atoms in total. The van der Waals surface area contributed by atoms with Crippen LogP contribution in [0.4, 0.5) is 11.6 Å². The van der Waals surface area contributed by atoms with Gasteiger partial charge in [-0.15, -0.1) is 0 Å². The molecule has 0 unspecified atom stereocenters. The van der Waals surface area contributed by atoms with Crippen LogP contribution in [0.5, 0.6) is 0 Å². The molecule has 0 bridgehead atoms. The molecule has 6 rings (SSSR count). The minimum Gasteiger partial charge on any atom is -0.463 e. The van der Waals surface area contributed by atoms with E-state index >= 15 is 0 Å². The molecule has 2 saturated heterocycles. The fourth-order valence-corrected chi connectivity index (χ4v) is 8.28. The molecule has 0 atom stereocenters. The number of hydrogen-bond acceptors (Lipinski definition) is 16. The van der Waals surface area contributed by atoms with Crippen molar-refractivity contribution in [1.82, 2.24) is 37.9 Å². The zero-order chi connectivity index (χ0) is 49.5. The summed E-state index contributed by atoms with van der Waals surface area (Å²) in [5, 5.41) is 0. The molecule has 0 spiro atoms. The Balaban J connectivity index is 0.000000245. The number of hydrogen-bond donors (Lipinski definition) is 1. The first-order valence-corrected chi connectivity index (χ1v) is 24.9. The monoisotopic (exact) mass is 1030 g/mol. The topological polar surface area (TPSA) is 221 Å². The van der Waals surface area contributed by atoms with Gasteiger partial charge in [0.15, 0.2) is 11.6 Å². The highest BCUT2D eigenvalue weighted by Crippen LogP contribution is 2.19. The van der Waals surface area contributed by atoms with E-state index in [4.69, 9.17) is 9.47 Å². The second kappa shape index (κ2) is 25.0. The zero-order valence-corrected chi connectivity index (χ0v) is 42.2. The Morgan fingerprint density at radius 3 is 1.54 bits per heavy atom. The Morgan fingerprint density at radius 1 is 0.672 bits per heavy atom. The number of likely N-dealkylation sites (N-methyl/N-ethyl adjacent to an activating group) is 2.